The predicted molar refractivity (Wildman–Crippen MR) is 107 cm³/mol. The maximum Gasteiger partial charge on any atom is 0.261 e. The van der Waals surface area contributed by atoms with Crippen molar-refractivity contribution in [3.8, 4) is 0 Å². The van der Waals surface area contributed by atoms with E-state index in [9.17, 15) is 0 Å². The Morgan fingerprint density at radius 1 is 0.920 bits per heavy atom. The molecule has 3 rings (SSSR count). The molecule has 2 aromatic carbocycles. The molecule has 0 saturated carbocycles. The Bertz CT molecular complexity index is 649. The molecular formula is C22H30O2Si. The van der Waals surface area contributed by atoms with Crippen LogP contribution in [0.25, 0.3) is 0 Å². The SMILES string of the molecule is CC1(C)OCC[C@@H]1O[Si](c1ccccc1)(c1ccccc1)C(C)(C)C. The van der Waals surface area contributed by atoms with Crippen LogP contribution >= 0.6 is 0 Å². The quantitative estimate of drug-likeness (QED) is 0.769. The van der Waals surface area contributed by atoms with Crippen LogP contribution in [0.2, 0.25) is 5.04 Å². The molecule has 1 fully saturated rings. The number of hydrogen-bond donors (Lipinski definition) is 0. The monoisotopic (exact) mass is 354 g/mol. The molecule has 2 aromatic rings. The standard InChI is InChI=1S/C22H30O2Si/c1-21(2,3)25(18-12-8-6-9-13-18,19-14-10-7-11-15-19)24-20-16-17-23-22(20,4)5/h6-15,20H,16-17H2,1-5H3/t20-/m0/s1. The van der Waals surface area contributed by atoms with E-state index in [1.807, 2.05) is 0 Å². The van der Waals surface area contributed by atoms with Gasteiger partial charge in [0, 0.05) is 6.61 Å². The van der Waals surface area contributed by atoms with Crippen molar-refractivity contribution in [2.75, 3.05) is 6.61 Å². The van der Waals surface area contributed by atoms with Crippen LogP contribution in [0.5, 0.6) is 0 Å². The van der Waals surface area contributed by atoms with Crippen LogP contribution in [0.1, 0.15) is 41.0 Å². The van der Waals surface area contributed by atoms with Gasteiger partial charge >= 0.3 is 0 Å². The van der Waals surface area contributed by atoms with E-state index in [1.165, 1.54) is 10.4 Å². The smallest absolute Gasteiger partial charge is 0.261 e. The summed E-state index contributed by atoms with van der Waals surface area (Å²) in [5, 5.41) is 2.67. The van der Waals surface area contributed by atoms with E-state index in [0.717, 1.165) is 13.0 Å². The Morgan fingerprint density at radius 3 is 1.76 bits per heavy atom. The first-order valence-electron chi connectivity index (χ1n) is 9.20. The van der Waals surface area contributed by atoms with Crippen molar-refractivity contribution in [1.29, 1.82) is 0 Å². The zero-order valence-corrected chi connectivity index (χ0v) is 17.1. The molecule has 0 radical (unpaired) electrons. The van der Waals surface area contributed by atoms with Gasteiger partial charge in [-0.1, -0.05) is 81.4 Å². The van der Waals surface area contributed by atoms with E-state index in [-0.39, 0.29) is 16.7 Å². The van der Waals surface area contributed by atoms with Gasteiger partial charge in [-0.2, -0.15) is 0 Å². The lowest BCUT2D eigenvalue weighted by Crippen LogP contribution is -2.68. The number of benzene rings is 2. The highest BCUT2D eigenvalue weighted by Gasteiger charge is 2.54. The molecule has 0 aromatic heterocycles. The fourth-order valence-corrected chi connectivity index (χ4v) is 8.82. The van der Waals surface area contributed by atoms with Gasteiger partial charge < -0.3 is 9.16 Å². The summed E-state index contributed by atoms with van der Waals surface area (Å²) in [5.41, 5.74) is -0.243. The lowest BCUT2D eigenvalue weighted by molar-refractivity contribution is -0.0223. The minimum absolute atomic E-state index is 0.00831. The molecule has 2 nitrogen and oxygen atoms in total. The van der Waals surface area contributed by atoms with Gasteiger partial charge in [-0.25, -0.2) is 0 Å². The number of hydrogen-bond acceptors (Lipinski definition) is 2. The van der Waals surface area contributed by atoms with Gasteiger partial charge in [-0.3, -0.25) is 0 Å². The van der Waals surface area contributed by atoms with E-state index >= 15 is 0 Å². The highest BCUT2D eigenvalue weighted by Crippen LogP contribution is 2.40. The predicted octanol–water partition coefficient (Wildman–Crippen LogP) is 4.13. The zero-order chi connectivity index (χ0) is 18.1. The zero-order valence-electron chi connectivity index (χ0n) is 16.1. The van der Waals surface area contributed by atoms with Gasteiger partial charge in [0.15, 0.2) is 0 Å². The first-order valence-corrected chi connectivity index (χ1v) is 11.1. The van der Waals surface area contributed by atoms with Crippen molar-refractivity contribution >= 4 is 18.7 Å². The minimum Gasteiger partial charge on any atom is -0.401 e. The molecule has 134 valence electrons. The first kappa shape index (κ1) is 18.4. The van der Waals surface area contributed by atoms with Crippen molar-refractivity contribution in [3.63, 3.8) is 0 Å². The van der Waals surface area contributed by atoms with Crippen LogP contribution in [0.15, 0.2) is 60.7 Å². The topological polar surface area (TPSA) is 18.5 Å². The second-order valence-electron chi connectivity index (χ2n) is 8.51. The molecule has 3 heteroatoms. The summed E-state index contributed by atoms with van der Waals surface area (Å²) in [7, 11) is -2.48. The summed E-state index contributed by atoms with van der Waals surface area (Å²) in [5.74, 6) is 0. The Kier molecular flexibility index (Phi) is 4.93. The van der Waals surface area contributed by atoms with Gasteiger partial charge in [-0.05, 0) is 35.7 Å². The second-order valence-corrected chi connectivity index (χ2v) is 12.8. The maximum atomic E-state index is 7.16. The van der Waals surface area contributed by atoms with E-state index in [4.69, 9.17) is 9.16 Å². The molecule has 0 bridgehead atoms. The fourth-order valence-electron chi connectivity index (χ4n) is 3.98. The Balaban J connectivity index is 2.19. The third kappa shape index (κ3) is 3.33. The molecule has 0 amide bonds. The van der Waals surface area contributed by atoms with Gasteiger partial charge in [0.2, 0.25) is 0 Å². The van der Waals surface area contributed by atoms with Crippen molar-refractivity contribution in [3.05, 3.63) is 60.7 Å². The Hall–Kier alpha value is -1.42. The second kappa shape index (κ2) is 6.71. The van der Waals surface area contributed by atoms with Crippen molar-refractivity contribution in [2.45, 2.75) is 57.8 Å². The highest BCUT2D eigenvalue weighted by molar-refractivity contribution is 6.99. The summed E-state index contributed by atoms with van der Waals surface area (Å²) in [6, 6.07) is 21.7. The van der Waals surface area contributed by atoms with Gasteiger partial charge in [-0.15, -0.1) is 0 Å². The number of ether oxygens (including phenoxy) is 1. The van der Waals surface area contributed by atoms with Crippen LogP contribution in [-0.4, -0.2) is 26.6 Å². The number of rotatable bonds is 4. The van der Waals surface area contributed by atoms with E-state index in [1.54, 1.807) is 0 Å². The molecule has 0 N–H and O–H groups in total. The normalized spacial score (nSPS) is 20.6. The van der Waals surface area contributed by atoms with Crippen molar-refractivity contribution < 1.29 is 9.16 Å². The molecule has 1 saturated heterocycles. The molecule has 1 aliphatic heterocycles. The average Bonchev–Trinajstić information content (AvgIpc) is 2.91. The van der Waals surface area contributed by atoms with Gasteiger partial charge in [0.25, 0.3) is 8.32 Å². The van der Waals surface area contributed by atoms with Crippen LogP contribution < -0.4 is 10.4 Å². The van der Waals surface area contributed by atoms with E-state index < -0.39 is 8.32 Å². The Labute approximate surface area is 153 Å². The summed E-state index contributed by atoms with van der Waals surface area (Å²) in [6.07, 6.45) is 1.07. The van der Waals surface area contributed by atoms with Crippen LogP contribution in [-0.2, 0) is 9.16 Å². The molecule has 0 aliphatic carbocycles. The third-order valence-electron chi connectivity index (χ3n) is 5.37. The highest BCUT2D eigenvalue weighted by atomic mass is 28.4. The summed E-state index contributed by atoms with van der Waals surface area (Å²) >= 11 is 0. The summed E-state index contributed by atoms with van der Waals surface area (Å²) in [6.45, 7) is 12.0. The summed E-state index contributed by atoms with van der Waals surface area (Å²) < 4.78 is 13.1. The van der Waals surface area contributed by atoms with E-state index in [0.29, 0.717) is 0 Å². The molecule has 1 atom stereocenters. The minimum atomic E-state index is -2.48. The lowest BCUT2D eigenvalue weighted by Gasteiger charge is -2.46. The largest absolute Gasteiger partial charge is 0.401 e. The van der Waals surface area contributed by atoms with Gasteiger partial charge in [0.1, 0.15) is 0 Å². The van der Waals surface area contributed by atoms with Crippen LogP contribution in [0.4, 0.5) is 0 Å². The fraction of sp³-hybridized carbons (Fsp3) is 0.455. The Morgan fingerprint density at radius 2 is 1.40 bits per heavy atom. The van der Waals surface area contributed by atoms with Crippen LogP contribution in [0.3, 0.4) is 0 Å². The average molecular weight is 355 g/mol. The van der Waals surface area contributed by atoms with Crippen molar-refractivity contribution in [1.82, 2.24) is 0 Å². The molecule has 0 spiro atoms. The van der Waals surface area contributed by atoms with Gasteiger partial charge in [0.05, 0.1) is 11.7 Å². The molecule has 1 aliphatic rings. The molecule has 25 heavy (non-hydrogen) atoms. The maximum absolute atomic E-state index is 7.16. The molecule has 0 unspecified atom stereocenters. The molecular weight excluding hydrogens is 324 g/mol. The van der Waals surface area contributed by atoms with Crippen molar-refractivity contribution in [2.24, 2.45) is 0 Å². The molecule has 1 heterocycles. The first-order chi connectivity index (χ1) is 11.8. The summed E-state index contributed by atoms with van der Waals surface area (Å²) in [4.78, 5) is 0. The lowest BCUT2D eigenvalue weighted by atomic mass is 10.0. The van der Waals surface area contributed by atoms with Crippen LogP contribution in [0, 0.1) is 0 Å². The third-order valence-corrected chi connectivity index (χ3v) is 10.4. The van der Waals surface area contributed by atoms with E-state index in [2.05, 4.69) is 95.3 Å².